The average molecular weight is 332 g/mol. The van der Waals surface area contributed by atoms with E-state index in [4.69, 9.17) is 0 Å². The van der Waals surface area contributed by atoms with E-state index in [1.54, 1.807) is 0 Å². The SMILES string of the molecule is C=C(C)c1cccc(C(C)(C)NC(=O)NCC(C)N(CC)CC)c1. The Morgan fingerprint density at radius 2 is 1.92 bits per heavy atom. The molecule has 0 fully saturated rings. The Morgan fingerprint density at radius 3 is 2.46 bits per heavy atom. The van der Waals surface area contributed by atoms with Gasteiger partial charge in [-0.05, 0) is 58.0 Å². The molecule has 0 spiro atoms. The van der Waals surface area contributed by atoms with Gasteiger partial charge in [-0.25, -0.2) is 4.79 Å². The van der Waals surface area contributed by atoms with Crippen LogP contribution in [0.4, 0.5) is 4.79 Å². The fraction of sp³-hybridized carbons (Fsp3) is 0.550. The maximum atomic E-state index is 12.3. The zero-order chi connectivity index (χ0) is 18.3. The zero-order valence-electron chi connectivity index (χ0n) is 16.1. The topological polar surface area (TPSA) is 44.4 Å². The number of likely N-dealkylation sites (N-methyl/N-ethyl adjacent to an activating group) is 1. The standard InChI is InChI=1S/C20H33N3O/c1-8-23(9-2)16(5)14-21-19(24)22-20(6,7)18-12-10-11-17(13-18)15(3)4/h10-13,16H,3,8-9,14H2,1-2,4-7H3,(H2,21,22,24). The molecule has 4 heteroatoms. The Hall–Kier alpha value is -1.81. The number of nitrogens with one attached hydrogen (secondary N) is 2. The third-order valence-electron chi connectivity index (χ3n) is 4.50. The first kappa shape index (κ1) is 20.2. The van der Waals surface area contributed by atoms with Crippen LogP contribution in [-0.4, -0.2) is 36.6 Å². The summed E-state index contributed by atoms with van der Waals surface area (Å²) in [6.45, 7) is 19.0. The lowest BCUT2D eigenvalue weighted by atomic mass is 9.92. The van der Waals surface area contributed by atoms with E-state index in [1.165, 1.54) is 0 Å². The van der Waals surface area contributed by atoms with Crippen LogP contribution in [0.5, 0.6) is 0 Å². The third kappa shape index (κ3) is 5.68. The molecule has 4 nitrogen and oxygen atoms in total. The Kier molecular flexibility index (Phi) is 7.49. The van der Waals surface area contributed by atoms with Gasteiger partial charge in [0.15, 0.2) is 0 Å². The number of amides is 2. The molecular weight excluding hydrogens is 298 g/mol. The van der Waals surface area contributed by atoms with Crippen LogP contribution in [-0.2, 0) is 5.54 Å². The number of carbonyl (C=O) groups excluding carboxylic acids is 1. The summed E-state index contributed by atoms with van der Waals surface area (Å²) >= 11 is 0. The second kappa shape index (κ2) is 8.88. The first-order valence-corrected chi connectivity index (χ1v) is 8.77. The summed E-state index contributed by atoms with van der Waals surface area (Å²) in [5, 5.41) is 6.06. The number of hydrogen-bond acceptors (Lipinski definition) is 2. The van der Waals surface area contributed by atoms with Crippen molar-refractivity contribution in [3.63, 3.8) is 0 Å². The summed E-state index contributed by atoms with van der Waals surface area (Å²) in [6.07, 6.45) is 0. The van der Waals surface area contributed by atoms with Crippen molar-refractivity contribution in [2.45, 2.75) is 53.1 Å². The van der Waals surface area contributed by atoms with E-state index in [0.29, 0.717) is 12.6 Å². The Bertz CT molecular complexity index is 562. The van der Waals surface area contributed by atoms with Gasteiger partial charge in [-0.3, -0.25) is 4.90 Å². The predicted molar refractivity (Wildman–Crippen MR) is 103 cm³/mol. The summed E-state index contributed by atoms with van der Waals surface area (Å²) in [7, 11) is 0. The normalized spacial score (nSPS) is 12.8. The van der Waals surface area contributed by atoms with Gasteiger partial charge in [-0.1, -0.05) is 44.2 Å². The first-order chi connectivity index (χ1) is 11.2. The molecule has 1 unspecified atom stereocenters. The molecule has 1 rings (SSSR count). The van der Waals surface area contributed by atoms with Gasteiger partial charge in [-0.2, -0.15) is 0 Å². The van der Waals surface area contributed by atoms with Gasteiger partial charge in [-0.15, -0.1) is 0 Å². The van der Waals surface area contributed by atoms with Crippen LogP contribution in [0.2, 0.25) is 0 Å². The maximum Gasteiger partial charge on any atom is 0.315 e. The number of carbonyl (C=O) groups is 1. The predicted octanol–water partition coefficient (Wildman–Crippen LogP) is 3.98. The van der Waals surface area contributed by atoms with Crippen LogP contribution in [0.15, 0.2) is 30.8 Å². The molecule has 0 aliphatic rings. The molecule has 0 radical (unpaired) electrons. The van der Waals surface area contributed by atoms with E-state index in [2.05, 4.69) is 49.0 Å². The maximum absolute atomic E-state index is 12.3. The van der Waals surface area contributed by atoms with Gasteiger partial charge in [0.05, 0.1) is 5.54 Å². The van der Waals surface area contributed by atoms with Gasteiger partial charge < -0.3 is 10.6 Å². The Balaban J connectivity index is 2.68. The second-order valence-corrected chi connectivity index (χ2v) is 6.89. The lowest BCUT2D eigenvalue weighted by Gasteiger charge is -2.30. The second-order valence-electron chi connectivity index (χ2n) is 6.89. The Labute approximate surface area is 147 Å². The number of allylic oxidation sites excluding steroid dienone is 1. The number of hydrogen-bond donors (Lipinski definition) is 2. The van der Waals surface area contributed by atoms with Crippen LogP contribution >= 0.6 is 0 Å². The number of urea groups is 1. The van der Waals surface area contributed by atoms with E-state index in [-0.39, 0.29) is 6.03 Å². The molecule has 0 aliphatic carbocycles. The molecule has 0 bridgehead atoms. The van der Waals surface area contributed by atoms with E-state index in [9.17, 15) is 4.79 Å². The van der Waals surface area contributed by atoms with Crippen LogP contribution < -0.4 is 10.6 Å². The molecule has 2 amide bonds. The summed E-state index contributed by atoms with van der Waals surface area (Å²) in [4.78, 5) is 14.6. The zero-order valence-corrected chi connectivity index (χ0v) is 16.1. The fourth-order valence-electron chi connectivity index (χ4n) is 2.79. The van der Waals surface area contributed by atoms with Gasteiger partial charge >= 0.3 is 6.03 Å². The smallest absolute Gasteiger partial charge is 0.315 e. The fourth-order valence-corrected chi connectivity index (χ4v) is 2.79. The first-order valence-electron chi connectivity index (χ1n) is 8.77. The highest BCUT2D eigenvalue weighted by Crippen LogP contribution is 2.23. The number of benzene rings is 1. The number of rotatable bonds is 8. The molecular formula is C20H33N3O. The molecule has 1 aromatic carbocycles. The molecule has 0 aliphatic heterocycles. The number of nitrogens with zero attached hydrogens (tertiary/aromatic N) is 1. The van der Waals surface area contributed by atoms with E-state index in [1.807, 2.05) is 39.0 Å². The minimum Gasteiger partial charge on any atom is -0.337 e. The monoisotopic (exact) mass is 331 g/mol. The summed E-state index contributed by atoms with van der Waals surface area (Å²) < 4.78 is 0. The highest BCUT2D eigenvalue weighted by atomic mass is 16.2. The van der Waals surface area contributed by atoms with Gasteiger partial charge in [0.25, 0.3) is 0 Å². The van der Waals surface area contributed by atoms with Crippen molar-refractivity contribution >= 4 is 11.6 Å². The van der Waals surface area contributed by atoms with Crippen molar-refractivity contribution in [1.82, 2.24) is 15.5 Å². The summed E-state index contributed by atoms with van der Waals surface area (Å²) in [5.41, 5.74) is 2.73. The van der Waals surface area contributed by atoms with Crippen molar-refractivity contribution in [3.05, 3.63) is 42.0 Å². The van der Waals surface area contributed by atoms with Crippen LogP contribution in [0.3, 0.4) is 0 Å². The van der Waals surface area contributed by atoms with Crippen molar-refractivity contribution in [2.75, 3.05) is 19.6 Å². The van der Waals surface area contributed by atoms with Crippen LogP contribution in [0, 0.1) is 0 Å². The van der Waals surface area contributed by atoms with Crippen molar-refractivity contribution in [2.24, 2.45) is 0 Å². The minimum atomic E-state index is -0.450. The molecule has 0 heterocycles. The molecule has 2 N–H and O–H groups in total. The highest BCUT2D eigenvalue weighted by molar-refractivity contribution is 5.75. The lowest BCUT2D eigenvalue weighted by Crippen LogP contribution is -2.50. The highest BCUT2D eigenvalue weighted by Gasteiger charge is 2.23. The molecule has 0 saturated carbocycles. The Morgan fingerprint density at radius 1 is 1.29 bits per heavy atom. The molecule has 0 saturated heterocycles. The van der Waals surface area contributed by atoms with E-state index in [0.717, 1.165) is 29.8 Å². The van der Waals surface area contributed by atoms with Gasteiger partial charge in [0.2, 0.25) is 0 Å². The molecule has 24 heavy (non-hydrogen) atoms. The largest absolute Gasteiger partial charge is 0.337 e. The van der Waals surface area contributed by atoms with Crippen molar-refractivity contribution in [3.8, 4) is 0 Å². The molecule has 0 aromatic heterocycles. The van der Waals surface area contributed by atoms with E-state index < -0.39 is 5.54 Å². The summed E-state index contributed by atoms with van der Waals surface area (Å²) in [5.74, 6) is 0. The van der Waals surface area contributed by atoms with Crippen LogP contribution in [0.25, 0.3) is 5.57 Å². The van der Waals surface area contributed by atoms with Crippen molar-refractivity contribution < 1.29 is 4.79 Å². The van der Waals surface area contributed by atoms with Gasteiger partial charge in [0, 0.05) is 12.6 Å². The van der Waals surface area contributed by atoms with E-state index >= 15 is 0 Å². The molecule has 1 aromatic rings. The van der Waals surface area contributed by atoms with Gasteiger partial charge in [0.1, 0.15) is 0 Å². The molecule has 134 valence electrons. The quantitative estimate of drug-likeness (QED) is 0.756. The van der Waals surface area contributed by atoms with Crippen molar-refractivity contribution in [1.29, 1.82) is 0 Å². The average Bonchev–Trinajstić information content (AvgIpc) is 2.53. The molecule has 1 atom stereocenters. The van der Waals surface area contributed by atoms with Crippen LogP contribution in [0.1, 0.15) is 52.7 Å². The minimum absolute atomic E-state index is 0.139. The summed E-state index contributed by atoms with van der Waals surface area (Å²) in [6, 6.07) is 8.34. The lowest BCUT2D eigenvalue weighted by molar-refractivity contribution is 0.209. The third-order valence-corrected chi connectivity index (χ3v) is 4.50.